The zero-order valence-corrected chi connectivity index (χ0v) is 12.3. The molecule has 0 unspecified atom stereocenters. The van der Waals surface area contributed by atoms with Gasteiger partial charge in [-0.15, -0.1) is 11.3 Å². The van der Waals surface area contributed by atoms with Crippen molar-refractivity contribution in [1.29, 1.82) is 0 Å². The van der Waals surface area contributed by atoms with E-state index >= 15 is 0 Å². The number of rotatable bonds is 4. The van der Waals surface area contributed by atoms with Gasteiger partial charge in [0.1, 0.15) is 13.7 Å². The molecule has 0 aliphatic heterocycles. The van der Waals surface area contributed by atoms with E-state index in [-0.39, 0.29) is 14.9 Å². The summed E-state index contributed by atoms with van der Waals surface area (Å²) in [6, 6.07) is 2.46. The Balaban J connectivity index is 2.26. The summed E-state index contributed by atoms with van der Waals surface area (Å²) in [4.78, 5) is 18.3. The number of anilines is 1. The summed E-state index contributed by atoms with van der Waals surface area (Å²) in [7, 11) is -3.85. The lowest BCUT2D eigenvalue weighted by Crippen LogP contribution is -2.12. The summed E-state index contributed by atoms with van der Waals surface area (Å²) >= 11 is 3.74. The van der Waals surface area contributed by atoms with Crippen LogP contribution in [0, 0.1) is 0 Å². The van der Waals surface area contributed by atoms with Crippen LogP contribution in [0.25, 0.3) is 0 Å². The van der Waals surface area contributed by atoms with E-state index in [1.807, 2.05) is 0 Å². The predicted molar refractivity (Wildman–Crippen MR) is 71.8 cm³/mol. The Kier molecular flexibility index (Phi) is 3.83. The summed E-state index contributed by atoms with van der Waals surface area (Å²) in [5.74, 6) is -1.12. The number of carbonyl (C=O) groups is 1. The minimum Gasteiger partial charge on any atom is -0.477 e. The monoisotopic (exact) mass is 363 g/mol. The molecule has 2 N–H and O–H groups in total. The molecule has 0 radical (unpaired) electrons. The molecule has 0 fully saturated rings. The molecule has 0 saturated heterocycles. The normalized spacial score (nSPS) is 11.2. The second-order valence-electron chi connectivity index (χ2n) is 3.25. The standard InChI is InChI=1S/C9H6BrN3O4S2/c10-6-3-12-7(4-11-6)13-19(16,17)8-2-1-5(18-8)9(14)15/h1-4H,(H,12,13)(H,14,15). The van der Waals surface area contributed by atoms with Gasteiger partial charge in [0.05, 0.1) is 12.4 Å². The number of nitrogens with zero attached hydrogens (tertiary/aromatic N) is 2. The van der Waals surface area contributed by atoms with E-state index in [1.165, 1.54) is 24.5 Å². The van der Waals surface area contributed by atoms with Gasteiger partial charge in [0.25, 0.3) is 10.0 Å². The fourth-order valence-electron chi connectivity index (χ4n) is 1.13. The van der Waals surface area contributed by atoms with Crippen molar-refractivity contribution in [3.8, 4) is 0 Å². The molecule has 0 atom stereocenters. The van der Waals surface area contributed by atoms with Crippen LogP contribution in [0.5, 0.6) is 0 Å². The number of halogens is 1. The predicted octanol–water partition coefficient (Wildman–Crippen LogP) is 1.80. The Hall–Kier alpha value is -1.52. The molecule has 0 amide bonds. The molecular formula is C9H6BrN3O4S2. The Morgan fingerprint density at radius 1 is 1.32 bits per heavy atom. The number of carboxylic acid groups (broad SMARTS) is 1. The summed E-state index contributed by atoms with van der Waals surface area (Å²) in [6.07, 6.45) is 2.59. The van der Waals surface area contributed by atoms with Crippen LogP contribution in [0.4, 0.5) is 5.82 Å². The number of aromatic nitrogens is 2. The van der Waals surface area contributed by atoms with Gasteiger partial charge in [0, 0.05) is 0 Å². The van der Waals surface area contributed by atoms with Gasteiger partial charge in [0.2, 0.25) is 0 Å². The van der Waals surface area contributed by atoms with Gasteiger partial charge < -0.3 is 5.11 Å². The van der Waals surface area contributed by atoms with Crippen molar-refractivity contribution in [2.24, 2.45) is 0 Å². The largest absolute Gasteiger partial charge is 0.477 e. The molecule has 2 aromatic rings. The number of hydrogen-bond donors (Lipinski definition) is 2. The van der Waals surface area contributed by atoms with Crippen LogP contribution in [0.15, 0.2) is 33.3 Å². The zero-order chi connectivity index (χ0) is 14.0. The van der Waals surface area contributed by atoms with E-state index in [1.54, 1.807) is 0 Å². The molecular weight excluding hydrogens is 358 g/mol. The summed E-state index contributed by atoms with van der Waals surface area (Å²) < 4.78 is 26.5. The quantitative estimate of drug-likeness (QED) is 0.856. The smallest absolute Gasteiger partial charge is 0.345 e. The summed E-state index contributed by atoms with van der Waals surface area (Å²) in [5, 5.41) is 8.75. The maximum atomic E-state index is 11.9. The fourth-order valence-corrected chi connectivity index (χ4v) is 3.48. The maximum absolute atomic E-state index is 11.9. The molecule has 2 rings (SSSR count). The number of sulfonamides is 1. The van der Waals surface area contributed by atoms with Crippen LogP contribution in [-0.4, -0.2) is 29.5 Å². The number of hydrogen-bond acceptors (Lipinski definition) is 6. The van der Waals surface area contributed by atoms with Crippen molar-refractivity contribution in [1.82, 2.24) is 9.97 Å². The molecule has 2 aromatic heterocycles. The van der Waals surface area contributed by atoms with Crippen LogP contribution in [0.1, 0.15) is 9.67 Å². The van der Waals surface area contributed by atoms with Crippen molar-refractivity contribution in [3.05, 3.63) is 34.0 Å². The van der Waals surface area contributed by atoms with Crippen LogP contribution in [0.2, 0.25) is 0 Å². The molecule has 100 valence electrons. The summed E-state index contributed by atoms with van der Waals surface area (Å²) in [6.45, 7) is 0. The Bertz CT molecular complexity index is 711. The van der Waals surface area contributed by atoms with Gasteiger partial charge in [-0.1, -0.05) is 0 Å². The summed E-state index contributed by atoms with van der Waals surface area (Å²) in [5.41, 5.74) is 0. The first-order valence-corrected chi connectivity index (χ1v) is 7.81. The minimum absolute atomic E-state index is 0.0495. The van der Waals surface area contributed by atoms with Crippen molar-refractivity contribution in [2.45, 2.75) is 4.21 Å². The lowest BCUT2D eigenvalue weighted by Gasteiger charge is -2.04. The first-order chi connectivity index (χ1) is 8.88. The number of thiophene rings is 1. The lowest BCUT2D eigenvalue weighted by atomic mass is 10.5. The molecule has 7 nitrogen and oxygen atoms in total. The molecule has 10 heteroatoms. The molecule has 0 spiro atoms. The van der Waals surface area contributed by atoms with Gasteiger partial charge in [0.15, 0.2) is 5.82 Å². The topological polar surface area (TPSA) is 109 Å². The van der Waals surface area contributed by atoms with Crippen LogP contribution in [0.3, 0.4) is 0 Å². The zero-order valence-electron chi connectivity index (χ0n) is 9.07. The second kappa shape index (κ2) is 5.23. The first kappa shape index (κ1) is 13.9. The van der Waals surface area contributed by atoms with E-state index < -0.39 is 16.0 Å². The SMILES string of the molecule is O=C(O)c1ccc(S(=O)(=O)Nc2cnc(Br)cn2)s1. The molecule has 0 aliphatic rings. The van der Waals surface area contributed by atoms with Crippen LogP contribution in [-0.2, 0) is 10.0 Å². The van der Waals surface area contributed by atoms with Crippen molar-refractivity contribution < 1.29 is 18.3 Å². The number of aromatic carboxylic acids is 1. The molecule has 2 heterocycles. The highest BCUT2D eigenvalue weighted by molar-refractivity contribution is 9.10. The van der Waals surface area contributed by atoms with Crippen molar-refractivity contribution >= 4 is 49.1 Å². The van der Waals surface area contributed by atoms with Crippen LogP contribution >= 0.6 is 27.3 Å². The highest BCUT2D eigenvalue weighted by Gasteiger charge is 2.19. The Morgan fingerprint density at radius 2 is 2.05 bits per heavy atom. The highest BCUT2D eigenvalue weighted by Crippen LogP contribution is 2.23. The van der Waals surface area contributed by atoms with Gasteiger partial charge in [-0.25, -0.2) is 23.2 Å². The van der Waals surface area contributed by atoms with E-state index in [9.17, 15) is 13.2 Å². The van der Waals surface area contributed by atoms with E-state index in [2.05, 4.69) is 30.6 Å². The van der Waals surface area contributed by atoms with Gasteiger partial charge in [-0.2, -0.15) is 0 Å². The molecule has 0 aromatic carbocycles. The van der Waals surface area contributed by atoms with Crippen LogP contribution < -0.4 is 4.72 Å². The minimum atomic E-state index is -3.85. The maximum Gasteiger partial charge on any atom is 0.345 e. The highest BCUT2D eigenvalue weighted by atomic mass is 79.9. The van der Waals surface area contributed by atoms with Gasteiger partial charge in [-0.3, -0.25) is 4.72 Å². The molecule has 0 saturated carbocycles. The fraction of sp³-hybridized carbons (Fsp3) is 0. The lowest BCUT2D eigenvalue weighted by molar-refractivity contribution is 0.0702. The molecule has 0 aliphatic carbocycles. The van der Waals surface area contributed by atoms with Crippen molar-refractivity contribution in [3.63, 3.8) is 0 Å². The molecule has 19 heavy (non-hydrogen) atoms. The third kappa shape index (κ3) is 3.28. The average molecular weight is 364 g/mol. The van der Waals surface area contributed by atoms with E-state index in [0.717, 1.165) is 0 Å². The first-order valence-electron chi connectivity index (χ1n) is 4.72. The third-order valence-electron chi connectivity index (χ3n) is 1.92. The number of nitrogens with one attached hydrogen (secondary N) is 1. The van der Waals surface area contributed by atoms with E-state index in [0.29, 0.717) is 15.9 Å². The van der Waals surface area contributed by atoms with E-state index in [4.69, 9.17) is 5.11 Å². The van der Waals surface area contributed by atoms with Crippen molar-refractivity contribution in [2.75, 3.05) is 4.72 Å². The second-order valence-corrected chi connectivity index (χ2v) is 7.06. The molecule has 0 bridgehead atoms. The average Bonchev–Trinajstić information content (AvgIpc) is 2.82. The Labute approximate surface area is 120 Å². The number of carboxylic acids is 1. The third-order valence-corrected chi connectivity index (χ3v) is 5.25. The van der Waals surface area contributed by atoms with Gasteiger partial charge in [-0.05, 0) is 28.1 Å². The van der Waals surface area contributed by atoms with Gasteiger partial charge >= 0.3 is 5.97 Å². The Morgan fingerprint density at radius 3 is 2.58 bits per heavy atom.